The van der Waals surface area contributed by atoms with Gasteiger partial charge < -0.3 is 14.7 Å². The molecule has 2 rings (SSSR count). The maximum absolute atomic E-state index is 13.2. The molecule has 0 amide bonds. The standard InChI is InChI=1S/C15H20F3NO2/c1-2-21-12-5-7-19(8-6-12)14-4-3-11(10-20)9-13(14)15(16,17)18/h3-4,9,12,20H,2,5-8,10H2,1H3. The number of nitrogens with zero attached hydrogens (tertiary/aromatic N) is 1. The number of ether oxygens (including phenoxy) is 1. The number of piperidine rings is 1. The van der Waals surface area contributed by atoms with Gasteiger partial charge in [-0.1, -0.05) is 6.07 Å². The van der Waals surface area contributed by atoms with Crippen LogP contribution in [0.15, 0.2) is 18.2 Å². The number of rotatable bonds is 4. The second-order valence-corrected chi connectivity index (χ2v) is 5.15. The van der Waals surface area contributed by atoms with E-state index in [4.69, 9.17) is 9.84 Å². The van der Waals surface area contributed by atoms with Gasteiger partial charge in [-0.2, -0.15) is 13.2 Å². The van der Waals surface area contributed by atoms with Crippen LogP contribution in [0.4, 0.5) is 18.9 Å². The van der Waals surface area contributed by atoms with Crippen molar-refractivity contribution in [2.45, 2.75) is 38.7 Å². The number of benzene rings is 1. The molecule has 1 saturated heterocycles. The molecule has 0 unspecified atom stereocenters. The van der Waals surface area contributed by atoms with Gasteiger partial charge in [0, 0.05) is 25.4 Å². The van der Waals surface area contributed by atoms with Crippen LogP contribution >= 0.6 is 0 Å². The van der Waals surface area contributed by atoms with E-state index in [0.29, 0.717) is 19.7 Å². The molecule has 118 valence electrons. The molecule has 21 heavy (non-hydrogen) atoms. The summed E-state index contributed by atoms with van der Waals surface area (Å²) in [6.45, 7) is 3.25. The van der Waals surface area contributed by atoms with Crippen molar-refractivity contribution >= 4 is 5.69 Å². The van der Waals surface area contributed by atoms with E-state index in [1.165, 1.54) is 6.07 Å². The molecule has 0 radical (unpaired) electrons. The molecule has 1 aromatic rings. The van der Waals surface area contributed by atoms with E-state index in [1.54, 1.807) is 11.0 Å². The molecule has 3 nitrogen and oxygen atoms in total. The van der Waals surface area contributed by atoms with Crippen molar-refractivity contribution in [2.24, 2.45) is 0 Å². The Bertz CT molecular complexity index is 468. The number of hydrogen-bond acceptors (Lipinski definition) is 3. The predicted molar refractivity (Wildman–Crippen MR) is 74.2 cm³/mol. The molecule has 1 N–H and O–H groups in total. The molecular weight excluding hydrogens is 283 g/mol. The molecule has 1 aromatic carbocycles. The SMILES string of the molecule is CCOC1CCN(c2ccc(CO)cc2C(F)(F)F)CC1. The van der Waals surface area contributed by atoms with Crippen LogP contribution in [0, 0.1) is 0 Å². The van der Waals surface area contributed by atoms with Gasteiger partial charge in [-0.25, -0.2) is 0 Å². The number of hydrogen-bond donors (Lipinski definition) is 1. The van der Waals surface area contributed by atoms with Crippen molar-refractivity contribution < 1.29 is 23.0 Å². The molecular formula is C15H20F3NO2. The fraction of sp³-hybridized carbons (Fsp3) is 0.600. The fourth-order valence-electron chi connectivity index (χ4n) is 2.68. The lowest BCUT2D eigenvalue weighted by Gasteiger charge is -2.35. The molecule has 1 fully saturated rings. The summed E-state index contributed by atoms with van der Waals surface area (Å²) in [6, 6.07) is 4.03. The Morgan fingerprint density at radius 3 is 2.48 bits per heavy atom. The average Bonchev–Trinajstić information content (AvgIpc) is 2.47. The van der Waals surface area contributed by atoms with Crippen LogP contribution in [0.2, 0.25) is 0 Å². The third-order valence-electron chi connectivity index (χ3n) is 3.73. The van der Waals surface area contributed by atoms with E-state index >= 15 is 0 Å². The number of aliphatic hydroxyl groups is 1. The highest BCUT2D eigenvalue weighted by atomic mass is 19.4. The maximum atomic E-state index is 13.2. The second-order valence-electron chi connectivity index (χ2n) is 5.15. The van der Waals surface area contributed by atoms with Crippen molar-refractivity contribution in [3.63, 3.8) is 0 Å². The Morgan fingerprint density at radius 1 is 1.29 bits per heavy atom. The molecule has 0 atom stereocenters. The molecule has 0 aromatic heterocycles. The van der Waals surface area contributed by atoms with Crippen molar-refractivity contribution in [1.82, 2.24) is 0 Å². The average molecular weight is 303 g/mol. The van der Waals surface area contributed by atoms with Crippen molar-refractivity contribution in [3.8, 4) is 0 Å². The molecule has 1 aliphatic rings. The van der Waals surface area contributed by atoms with Gasteiger partial charge in [0.1, 0.15) is 0 Å². The molecule has 0 saturated carbocycles. The highest BCUT2D eigenvalue weighted by Crippen LogP contribution is 2.38. The lowest BCUT2D eigenvalue weighted by atomic mass is 10.0. The summed E-state index contributed by atoms with van der Waals surface area (Å²) in [7, 11) is 0. The summed E-state index contributed by atoms with van der Waals surface area (Å²) in [6.07, 6.45) is -2.82. The Kier molecular flexibility index (Phi) is 5.11. The van der Waals surface area contributed by atoms with E-state index < -0.39 is 18.3 Å². The summed E-state index contributed by atoms with van der Waals surface area (Å²) < 4.78 is 45.1. The molecule has 0 bridgehead atoms. The first-order valence-electron chi connectivity index (χ1n) is 7.13. The largest absolute Gasteiger partial charge is 0.418 e. The van der Waals surface area contributed by atoms with Crippen LogP contribution in [0.1, 0.15) is 30.9 Å². The summed E-state index contributed by atoms with van der Waals surface area (Å²) in [5.41, 5.74) is -0.214. The molecule has 0 aliphatic carbocycles. The van der Waals surface area contributed by atoms with E-state index in [1.807, 2.05) is 6.92 Å². The highest BCUT2D eigenvalue weighted by molar-refractivity contribution is 5.56. The van der Waals surface area contributed by atoms with Crippen LogP contribution < -0.4 is 4.90 Å². The third-order valence-corrected chi connectivity index (χ3v) is 3.73. The number of halogens is 3. The molecule has 0 spiro atoms. The maximum Gasteiger partial charge on any atom is 0.418 e. The summed E-state index contributed by atoms with van der Waals surface area (Å²) in [5, 5.41) is 9.03. The first-order valence-corrected chi connectivity index (χ1v) is 7.13. The predicted octanol–water partition coefficient (Wildman–Crippen LogP) is 3.20. The van der Waals surface area contributed by atoms with Crippen LogP contribution in [-0.4, -0.2) is 30.9 Å². The Labute approximate surface area is 122 Å². The van der Waals surface area contributed by atoms with E-state index in [-0.39, 0.29) is 17.4 Å². The minimum absolute atomic E-state index is 0.136. The minimum atomic E-state index is -4.42. The van der Waals surface area contributed by atoms with Gasteiger partial charge in [-0.15, -0.1) is 0 Å². The van der Waals surface area contributed by atoms with Crippen LogP contribution in [0.25, 0.3) is 0 Å². The van der Waals surface area contributed by atoms with Crippen LogP contribution in [0.3, 0.4) is 0 Å². The zero-order valence-corrected chi connectivity index (χ0v) is 12.0. The smallest absolute Gasteiger partial charge is 0.392 e. The normalized spacial score (nSPS) is 17.3. The summed E-state index contributed by atoms with van der Waals surface area (Å²) in [5.74, 6) is 0. The van der Waals surface area contributed by atoms with Gasteiger partial charge in [-0.05, 0) is 37.5 Å². The number of alkyl halides is 3. The Morgan fingerprint density at radius 2 is 1.95 bits per heavy atom. The van der Waals surface area contributed by atoms with Gasteiger partial charge in [0.15, 0.2) is 0 Å². The van der Waals surface area contributed by atoms with Gasteiger partial charge in [0.05, 0.1) is 18.3 Å². The Balaban J connectivity index is 2.20. The molecule has 1 aliphatic heterocycles. The number of aliphatic hydroxyl groups excluding tert-OH is 1. The van der Waals surface area contributed by atoms with E-state index in [0.717, 1.165) is 18.9 Å². The Hall–Kier alpha value is -1.27. The van der Waals surface area contributed by atoms with Gasteiger partial charge in [-0.3, -0.25) is 0 Å². The third kappa shape index (κ3) is 3.89. The lowest BCUT2D eigenvalue weighted by molar-refractivity contribution is -0.137. The van der Waals surface area contributed by atoms with Gasteiger partial charge in [0.25, 0.3) is 0 Å². The zero-order valence-electron chi connectivity index (χ0n) is 12.0. The number of anilines is 1. The molecule has 1 heterocycles. The lowest BCUT2D eigenvalue weighted by Crippen LogP contribution is -2.38. The van der Waals surface area contributed by atoms with E-state index in [9.17, 15) is 13.2 Å². The first-order chi connectivity index (χ1) is 9.95. The van der Waals surface area contributed by atoms with Crippen molar-refractivity contribution in [3.05, 3.63) is 29.3 Å². The fourth-order valence-corrected chi connectivity index (χ4v) is 2.68. The van der Waals surface area contributed by atoms with Crippen molar-refractivity contribution in [2.75, 3.05) is 24.6 Å². The first kappa shape index (κ1) is 16.1. The van der Waals surface area contributed by atoms with Crippen molar-refractivity contribution in [1.29, 1.82) is 0 Å². The highest BCUT2D eigenvalue weighted by Gasteiger charge is 2.35. The minimum Gasteiger partial charge on any atom is -0.392 e. The quantitative estimate of drug-likeness (QED) is 0.927. The summed E-state index contributed by atoms with van der Waals surface area (Å²) in [4.78, 5) is 1.75. The van der Waals surface area contributed by atoms with Gasteiger partial charge in [0.2, 0.25) is 0 Å². The van der Waals surface area contributed by atoms with Crippen LogP contribution in [0.5, 0.6) is 0 Å². The monoisotopic (exact) mass is 303 g/mol. The van der Waals surface area contributed by atoms with Crippen LogP contribution in [-0.2, 0) is 17.5 Å². The molecule has 6 heteroatoms. The second kappa shape index (κ2) is 6.66. The van der Waals surface area contributed by atoms with Gasteiger partial charge >= 0.3 is 6.18 Å². The topological polar surface area (TPSA) is 32.7 Å². The van der Waals surface area contributed by atoms with E-state index in [2.05, 4.69) is 0 Å². The summed E-state index contributed by atoms with van der Waals surface area (Å²) >= 11 is 0. The zero-order chi connectivity index (χ0) is 15.5.